The summed E-state index contributed by atoms with van der Waals surface area (Å²) in [7, 11) is 0. The predicted molar refractivity (Wildman–Crippen MR) is 95.3 cm³/mol. The fourth-order valence-electron chi connectivity index (χ4n) is 3.20. The first-order valence-electron chi connectivity index (χ1n) is 8.18. The number of furan rings is 1. The third kappa shape index (κ3) is 2.69. The fourth-order valence-corrected chi connectivity index (χ4v) is 3.41. The molecule has 1 aliphatic carbocycles. The Bertz CT molecular complexity index is 897. The summed E-state index contributed by atoms with van der Waals surface area (Å²) in [6, 6.07) is 15.7. The number of carbonyl (C=O) groups is 1. The molecule has 1 fully saturated rings. The van der Waals surface area contributed by atoms with Gasteiger partial charge in [-0.2, -0.15) is 0 Å². The van der Waals surface area contributed by atoms with E-state index in [2.05, 4.69) is 17.4 Å². The van der Waals surface area contributed by atoms with E-state index in [0.717, 1.165) is 29.4 Å². The van der Waals surface area contributed by atoms with Gasteiger partial charge in [0, 0.05) is 10.9 Å². The van der Waals surface area contributed by atoms with E-state index in [0.29, 0.717) is 22.3 Å². The van der Waals surface area contributed by atoms with Crippen molar-refractivity contribution in [1.29, 1.82) is 0 Å². The Morgan fingerprint density at radius 2 is 1.92 bits per heavy atom. The monoisotopic (exact) mass is 339 g/mol. The Kier molecular flexibility index (Phi) is 3.81. The van der Waals surface area contributed by atoms with Crippen LogP contribution in [0.15, 0.2) is 52.9 Å². The van der Waals surface area contributed by atoms with Gasteiger partial charge in [0.05, 0.1) is 11.1 Å². The Morgan fingerprint density at radius 1 is 1.17 bits per heavy atom. The molecule has 2 aromatic carbocycles. The average Bonchev–Trinajstić information content (AvgIpc) is 3.38. The molecule has 0 aliphatic heterocycles. The number of para-hydroxylation sites is 1. The molecule has 0 bridgehead atoms. The van der Waals surface area contributed by atoms with Gasteiger partial charge in [-0.1, -0.05) is 54.1 Å². The lowest BCUT2D eigenvalue weighted by Crippen LogP contribution is -2.30. The second-order valence-corrected chi connectivity index (χ2v) is 6.78. The first-order chi connectivity index (χ1) is 11.6. The number of benzene rings is 2. The Morgan fingerprint density at radius 3 is 2.58 bits per heavy atom. The molecule has 0 spiro atoms. The number of nitrogens with one attached hydrogen (secondary N) is 1. The van der Waals surface area contributed by atoms with Crippen LogP contribution in [0.3, 0.4) is 0 Å². The molecule has 1 amide bonds. The van der Waals surface area contributed by atoms with Crippen molar-refractivity contribution in [2.45, 2.75) is 25.8 Å². The van der Waals surface area contributed by atoms with Gasteiger partial charge >= 0.3 is 0 Å². The molecule has 1 aliphatic rings. The minimum Gasteiger partial charge on any atom is -0.449 e. The van der Waals surface area contributed by atoms with Crippen molar-refractivity contribution in [3.05, 3.63) is 70.4 Å². The Labute approximate surface area is 145 Å². The van der Waals surface area contributed by atoms with Crippen molar-refractivity contribution < 1.29 is 9.21 Å². The normalized spacial score (nSPS) is 15.4. The molecule has 0 radical (unpaired) electrons. The van der Waals surface area contributed by atoms with E-state index < -0.39 is 0 Å². The summed E-state index contributed by atoms with van der Waals surface area (Å²) in [4.78, 5) is 12.8. The third-order valence-corrected chi connectivity index (χ3v) is 4.96. The first kappa shape index (κ1) is 15.3. The van der Waals surface area contributed by atoms with Crippen molar-refractivity contribution in [3.8, 4) is 0 Å². The van der Waals surface area contributed by atoms with Crippen LogP contribution in [0.2, 0.25) is 5.02 Å². The number of aryl methyl sites for hydroxylation is 1. The highest BCUT2D eigenvalue weighted by Gasteiger charge is 2.34. The molecule has 4 rings (SSSR count). The van der Waals surface area contributed by atoms with E-state index in [1.54, 1.807) is 6.07 Å². The van der Waals surface area contributed by atoms with Crippen molar-refractivity contribution in [1.82, 2.24) is 5.32 Å². The fraction of sp³-hybridized carbons (Fsp3) is 0.250. The summed E-state index contributed by atoms with van der Waals surface area (Å²) in [5.41, 5.74) is 2.54. The van der Waals surface area contributed by atoms with Crippen LogP contribution in [-0.4, -0.2) is 5.91 Å². The van der Waals surface area contributed by atoms with Crippen LogP contribution in [0.5, 0.6) is 0 Å². The highest BCUT2D eigenvalue weighted by Crippen LogP contribution is 2.41. The molecule has 1 N–H and O–H groups in total. The maximum atomic E-state index is 12.8. The number of rotatable bonds is 4. The van der Waals surface area contributed by atoms with E-state index in [4.69, 9.17) is 16.0 Å². The predicted octanol–water partition coefficient (Wildman–Crippen LogP) is 5.28. The van der Waals surface area contributed by atoms with Crippen molar-refractivity contribution in [2.75, 3.05) is 0 Å². The second-order valence-electron chi connectivity index (χ2n) is 6.37. The maximum Gasteiger partial charge on any atom is 0.287 e. The quantitative estimate of drug-likeness (QED) is 0.703. The molecule has 24 heavy (non-hydrogen) atoms. The molecule has 0 saturated heterocycles. The van der Waals surface area contributed by atoms with Gasteiger partial charge in [0.2, 0.25) is 0 Å². The lowest BCUT2D eigenvalue weighted by Gasteiger charge is -2.18. The standard InChI is InChI=1S/C20H18ClNO2/c1-12-15-8-5-9-16(21)19(15)24-18(12)20(23)22-17(14-10-11-14)13-6-3-2-4-7-13/h2-9,14,17H,10-11H2,1H3,(H,22,23). The average molecular weight is 340 g/mol. The molecule has 1 unspecified atom stereocenters. The smallest absolute Gasteiger partial charge is 0.287 e. The molecule has 3 aromatic rings. The number of fused-ring (bicyclic) bond motifs is 1. The van der Waals surface area contributed by atoms with Gasteiger partial charge in [0.15, 0.2) is 11.3 Å². The van der Waals surface area contributed by atoms with Crippen LogP contribution in [0.25, 0.3) is 11.0 Å². The molecule has 1 aromatic heterocycles. The van der Waals surface area contributed by atoms with Crippen LogP contribution >= 0.6 is 11.6 Å². The van der Waals surface area contributed by atoms with E-state index in [1.165, 1.54) is 0 Å². The number of hydrogen-bond acceptors (Lipinski definition) is 2. The highest BCUT2D eigenvalue weighted by atomic mass is 35.5. The van der Waals surface area contributed by atoms with Crippen LogP contribution in [0, 0.1) is 12.8 Å². The Balaban J connectivity index is 1.66. The molecule has 3 nitrogen and oxygen atoms in total. The number of halogens is 1. The van der Waals surface area contributed by atoms with Crippen LogP contribution < -0.4 is 5.32 Å². The molecular weight excluding hydrogens is 322 g/mol. The Hall–Kier alpha value is -2.26. The summed E-state index contributed by atoms with van der Waals surface area (Å²) in [5, 5.41) is 4.57. The van der Waals surface area contributed by atoms with Gasteiger partial charge < -0.3 is 9.73 Å². The lowest BCUT2D eigenvalue weighted by molar-refractivity contribution is 0.0905. The molecular formula is C20H18ClNO2. The second kappa shape index (κ2) is 5.99. The topological polar surface area (TPSA) is 42.2 Å². The number of amides is 1. The van der Waals surface area contributed by atoms with E-state index in [1.807, 2.05) is 37.3 Å². The van der Waals surface area contributed by atoms with Crippen LogP contribution in [0.1, 0.15) is 40.6 Å². The number of hydrogen-bond donors (Lipinski definition) is 1. The molecule has 122 valence electrons. The summed E-state index contributed by atoms with van der Waals surface area (Å²) in [6.07, 6.45) is 2.29. The molecule has 4 heteroatoms. The third-order valence-electron chi connectivity index (χ3n) is 4.66. The van der Waals surface area contributed by atoms with Crippen molar-refractivity contribution in [3.63, 3.8) is 0 Å². The zero-order chi connectivity index (χ0) is 16.7. The van der Waals surface area contributed by atoms with Crippen molar-refractivity contribution >= 4 is 28.5 Å². The van der Waals surface area contributed by atoms with Crippen LogP contribution in [0.4, 0.5) is 0 Å². The van der Waals surface area contributed by atoms with Gasteiger partial charge in [-0.05, 0) is 37.3 Å². The van der Waals surface area contributed by atoms with Gasteiger partial charge in [-0.25, -0.2) is 0 Å². The maximum absolute atomic E-state index is 12.8. The zero-order valence-corrected chi connectivity index (χ0v) is 14.1. The lowest BCUT2D eigenvalue weighted by atomic mass is 10.0. The first-order valence-corrected chi connectivity index (χ1v) is 8.56. The minimum absolute atomic E-state index is 0.0294. The summed E-state index contributed by atoms with van der Waals surface area (Å²) in [6.45, 7) is 1.89. The van der Waals surface area contributed by atoms with Crippen LogP contribution in [-0.2, 0) is 0 Å². The van der Waals surface area contributed by atoms with E-state index >= 15 is 0 Å². The summed E-state index contributed by atoms with van der Waals surface area (Å²) < 4.78 is 5.78. The highest BCUT2D eigenvalue weighted by molar-refractivity contribution is 6.35. The van der Waals surface area contributed by atoms with Gasteiger partial charge in [-0.3, -0.25) is 4.79 Å². The SMILES string of the molecule is Cc1c(C(=O)NC(c2ccccc2)C2CC2)oc2c(Cl)cccc12. The molecule has 1 heterocycles. The number of carbonyl (C=O) groups excluding carboxylic acids is 1. The minimum atomic E-state index is -0.180. The van der Waals surface area contributed by atoms with Crippen molar-refractivity contribution in [2.24, 2.45) is 5.92 Å². The van der Waals surface area contributed by atoms with Gasteiger partial charge in [0.1, 0.15) is 0 Å². The van der Waals surface area contributed by atoms with Gasteiger partial charge in [-0.15, -0.1) is 0 Å². The summed E-state index contributed by atoms with van der Waals surface area (Å²) >= 11 is 6.18. The van der Waals surface area contributed by atoms with Gasteiger partial charge in [0.25, 0.3) is 5.91 Å². The van der Waals surface area contributed by atoms with E-state index in [9.17, 15) is 4.79 Å². The zero-order valence-electron chi connectivity index (χ0n) is 13.4. The summed E-state index contributed by atoms with van der Waals surface area (Å²) in [5.74, 6) is 0.671. The largest absolute Gasteiger partial charge is 0.449 e. The molecule has 1 saturated carbocycles. The van der Waals surface area contributed by atoms with E-state index in [-0.39, 0.29) is 11.9 Å². The molecule has 1 atom stereocenters.